The predicted octanol–water partition coefficient (Wildman–Crippen LogP) is 1.78. The van der Waals surface area contributed by atoms with Gasteiger partial charge in [0.05, 0.1) is 6.10 Å². The zero-order valence-corrected chi connectivity index (χ0v) is 11.7. The Morgan fingerprint density at radius 3 is 2.95 bits per heavy atom. The van der Waals surface area contributed by atoms with Crippen molar-refractivity contribution in [2.45, 2.75) is 19.4 Å². The lowest BCUT2D eigenvalue weighted by molar-refractivity contribution is 0.0498. The Labute approximate surface area is 117 Å². The van der Waals surface area contributed by atoms with Gasteiger partial charge in [0, 0.05) is 31.5 Å². The van der Waals surface area contributed by atoms with Crippen molar-refractivity contribution in [1.29, 1.82) is 0 Å². The van der Waals surface area contributed by atoms with Crippen LogP contribution in [-0.2, 0) is 4.74 Å². The van der Waals surface area contributed by atoms with Crippen LogP contribution < -0.4 is 10.6 Å². The molecule has 1 aliphatic rings. The Kier molecular flexibility index (Phi) is 4.44. The number of methoxy groups -OCH3 is 1. The molecule has 0 bridgehead atoms. The number of nitrogens with two attached hydrogens (primary N) is 1. The summed E-state index contributed by atoms with van der Waals surface area (Å²) >= 11 is 0. The average molecular weight is 281 g/mol. The van der Waals surface area contributed by atoms with Crippen LogP contribution in [0.2, 0.25) is 0 Å². The molecular weight excluding hydrogens is 261 g/mol. The first-order valence-electron chi connectivity index (χ1n) is 6.62. The number of anilines is 1. The van der Waals surface area contributed by atoms with Gasteiger partial charge in [0.2, 0.25) is 0 Å². The third-order valence-electron chi connectivity index (χ3n) is 3.88. The van der Waals surface area contributed by atoms with Crippen molar-refractivity contribution in [2.75, 3.05) is 25.1 Å². The number of hydrogen-bond donors (Lipinski definition) is 2. The minimum atomic E-state index is -0.413. The largest absolute Gasteiger partial charge is 0.409 e. The SMILES string of the molecule is COC1CN(c2ccc(F)cc2/C(N)=N/O)CCC1C. The molecule has 20 heavy (non-hydrogen) atoms. The Morgan fingerprint density at radius 2 is 2.30 bits per heavy atom. The van der Waals surface area contributed by atoms with Gasteiger partial charge in [-0.05, 0) is 30.5 Å². The predicted molar refractivity (Wildman–Crippen MR) is 75.7 cm³/mol. The molecule has 110 valence electrons. The van der Waals surface area contributed by atoms with E-state index in [1.165, 1.54) is 12.1 Å². The van der Waals surface area contributed by atoms with Crippen LogP contribution in [0.4, 0.5) is 10.1 Å². The summed E-state index contributed by atoms with van der Waals surface area (Å²) < 4.78 is 18.9. The van der Waals surface area contributed by atoms with E-state index < -0.39 is 5.82 Å². The van der Waals surface area contributed by atoms with Gasteiger partial charge in [0.1, 0.15) is 5.82 Å². The lowest BCUT2D eigenvalue weighted by Crippen LogP contribution is -2.44. The van der Waals surface area contributed by atoms with Gasteiger partial charge < -0.3 is 20.6 Å². The fraction of sp³-hybridized carbons (Fsp3) is 0.500. The summed E-state index contributed by atoms with van der Waals surface area (Å²) in [7, 11) is 1.69. The number of nitrogens with zero attached hydrogens (tertiary/aromatic N) is 2. The van der Waals surface area contributed by atoms with E-state index in [1.807, 2.05) is 0 Å². The molecule has 1 aromatic carbocycles. The van der Waals surface area contributed by atoms with E-state index in [2.05, 4.69) is 17.0 Å². The molecule has 0 aromatic heterocycles. The molecule has 6 heteroatoms. The highest BCUT2D eigenvalue weighted by atomic mass is 19.1. The van der Waals surface area contributed by atoms with Crippen molar-refractivity contribution in [3.63, 3.8) is 0 Å². The normalized spacial score (nSPS) is 23.9. The second-order valence-electron chi connectivity index (χ2n) is 5.13. The number of ether oxygens (including phenoxy) is 1. The molecule has 3 N–H and O–H groups in total. The smallest absolute Gasteiger partial charge is 0.172 e. The van der Waals surface area contributed by atoms with Crippen LogP contribution in [0.1, 0.15) is 18.9 Å². The Hall–Kier alpha value is -1.82. The van der Waals surface area contributed by atoms with E-state index in [1.54, 1.807) is 13.2 Å². The van der Waals surface area contributed by atoms with Gasteiger partial charge in [0.15, 0.2) is 5.84 Å². The summed E-state index contributed by atoms with van der Waals surface area (Å²) in [6.45, 7) is 3.69. The first-order chi connectivity index (χ1) is 9.56. The monoisotopic (exact) mass is 281 g/mol. The fourth-order valence-corrected chi connectivity index (χ4v) is 2.60. The summed E-state index contributed by atoms with van der Waals surface area (Å²) in [6, 6.07) is 4.32. The molecular formula is C14H20FN3O2. The number of halogens is 1. The minimum Gasteiger partial charge on any atom is -0.409 e. The fourth-order valence-electron chi connectivity index (χ4n) is 2.60. The molecule has 1 fully saturated rings. The number of piperidine rings is 1. The van der Waals surface area contributed by atoms with Crippen molar-refractivity contribution >= 4 is 11.5 Å². The minimum absolute atomic E-state index is 0.0907. The van der Waals surface area contributed by atoms with E-state index in [9.17, 15) is 4.39 Å². The summed E-state index contributed by atoms with van der Waals surface area (Å²) in [6.07, 6.45) is 1.10. The molecule has 0 spiro atoms. The molecule has 2 atom stereocenters. The quantitative estimate of drug-likeness (QED) is 0.383. The van der Waals surface area contributed by atoms with Crippen molar-refractivity contribution in [1.82, 2.24) is 0 Å². The van der Waals surface area contributed by atoms with Crippen LogP contribution in [0, 0.1) is 11.7 Å². The molecule has 0 saturated carbocycles. The zero-order valence-electron chi connectivity index (χ0n) is 11.7. The van der Waals surface area contributed by atoms with Crippen molar-refractivity contribution in [2.24, 2.45) is 16.8 Å². The Morgan fingerprint density at radius 1 is 1.55 bits per heavy atom. The molecule has 1 aliphatic heterocycles. The van der Waals surface area contributed by atoms with Crippen LogP contribution in [-0.4, -0.2) is 37.3 Å². The lowest BCUT2D eigenvalue weighted by Gasteiger charge is -2.38. The highest BCUT2D eigenvalue weighted by Gasteiger charge is 2.27. The number of benzene rings is 1. The van der Waals surface area contributed by atoms with Crippen LogP contribution >= 0.6 is 0 Å². The standard InChI is InChI=1S/C14H20FN3O2/c1-9-5-6-18(8-13(9)20-2)12-4-3-10(15)7-11(12)14(16)17-19/h3-4,7,9,13,19H,5-6,8H2,1-2H3,(H2,16,17). The maximum Gasteiger partial charge on any atom is 0.172 e. The first kappa shape index (κ1) is 14.6. The molecule has 2 rings (SSSR count). The molecule has 2 unspecified atom stereocenters. The molecule has 1 heterocycles. The number of hydrogen-bond acceptors (Lipinski definition) is 4. The van der Waals surface area contributed by atoms with Crippen molar-refractivity contribution in [3.8, 4) is 0 Å². The van der Waals surface area contributed by atoms with Crippen LogP contribution in [0.25, 0.3) is 0 Å². The summed E-state index contributed by atoms with van der Waals surface area (Å²) in [5, 5.41) is 11.8. The van der Waals surface area contributed by atoms with Crippen molar-refractivity contribution in [3.05, 3.63) is 29.6 Å². The molecule has 1 saturated heterocycles. The second-order valence-corrected chi connectivity index (χ2v) is 5.13. The zero-order chi connectivity index (χ0) is 14.7. The maximum atomic E-state index is 13.4. The van der Waals surface area contributed by atoms with E-state index in [-0.39, 0.29) is 11.9 Å². The average Bonchev–Trinajstić information content (AvgIpc) is 2.47. The molecule has 1 aromatic rings. The van der Waals surface area contributed by atoms with Crippen LogP contribution in [0.5, 0.6) is 0 Å². The van der Waals surface area contributed by atoms with Crippen LogP contribution in [0.3, 0.4) is 0 Å². The van der Waals surface area contributed by atoms with Gasteiger partial charge in [-0.2, -0.15) is 0 Å². The summed E-state index contributed by atoms with van der Waals surface area (Å²) in [5.74, 6) is -0.0277. The number of oxime groups is 1. The van der Waals surface area contributed by atoms with E-state index >= 15 is 0 Å². The summed E-state index contributed by atoms with van der Waals surface area (Å²) in [4.78, 5) is 2.08. The third-order valence-corrected chi connectivity index (χ3v) is 3.88. The number of rotatable bonds is 3. The van der Waals surface area contributed by atoms with Gasteiger partial charge in [-0.3, -0.25) is 0 Å². The first-order valence-corrected chi connectivity index (χ1v) is 6.62. The maximum absolute atomic E-state index is 13.4. The van der Waals surface area contributed by atoms with E-state index in [0.29, 0.717) is 18.0 Å². The second kappa shape index (κ2) is 6.09. The Balaban J connectivity index is 2.33. The highest BCUT2D eigenvalue weighted by Crippen LogP contribution is 2.28. The van der Waals surface area contributed by atoms with Gasteiger partial charge in [-0.15, -0.1) is 0 Å². The molecule has 0 amide bonds. The van der Waals surface area contributed by atoms with E-state index in [4.69, 9.17) is 15.7 Å². The van der Waals surface area contributed by atoms with Gasteiger partial charge in [0.25, 0.3) is 0 Å². The molecule has 0 aliphatic carbocycles. The van der Waals surface area contributed by atoms with E-state index in [0.717, 1.165) is 18.7 Å². The summed E-state index contributed by atoms with van der Waals surface area (Å²) in [5.41, 5.74) is 6.80. The third kappa shape index (κ3) is 2.85. The van der Waals surface area contributed by atoms with Gasteiger partial charge in [-0.1, -0.05) is 12.1 Å². The number of amidine groups is 1. The highest BCUT2D eigenvalue weighted by molar-refractivity contribution is 6.02. The molecule has 0 radical (unpaired) electrons. The lowest BCUT2D eigenvalue weighted by atomic mass is 9.95. The van der Waals surface area contributed by atoms with Crippen LogP contribution in [0.15, 0.2) is 23.4 Å². The van der Waals surface area contributed by atoms with Gasteiger partial charge in [-0.25, -0.2) is 4.39 Å². The molecule has 5 nitrogen and oxygen atoms in total. The van der Waals surface area contributed by atoms with Gasteiger partial charge >= 0.3 is 0 Å². The van der Waals surface area contributed by atoms with Crippen molar-refractivity contribution < 1.29 is 14.3 Å². The Bertz CT molecular complexity index is 507. The topological polar surface area (TPSA) is 71.1 Å².